The molecular formula is C13H20N2O2S. The lowest BCUT2D eigenvalue weighted by molar-refractivity contribution is 0.00689. The van der Waals surface area contributed by atoms with E-state index in [2.05, 4.69) is 10.3 Å². The van der Waals surface area contributed by atoms with E-state index >= 15 is 0 Å². The first-order chi connectivity index (χ1) is 8.46. The second-order valence-electron chi connectivity index (χ2n) is 5.60. The number of rotatable bonds is 2. The number of hydrogen-bond donors (Lipinski definition) is 1. The largest absolute Gasteiger partial charge is 0.455 e. The molecule has 100 valence electrons. The Balaban J connectivity index is 2.03. The van der Waals surface area contributed by atoms with Gasteiger partial charge in [0, 0.05) is 11.3 Å². The van der Waals surface area contributed by atoms with Crippen molar-refractivity contribution in [1.29, 1.82) is 0 Å². The SMILES string of the molecule is CC(C)(C)OC(=O)c1nc(C2CCNCC2)cs1. The van der Waals surface area contributed by atoms with Gasteiger partial charge in [-0.25, -0.2) is 9.78 Å². The predicted octanol–water partition coefficient (Wildman–Crippen LogP) is 2.57. The maximum absolute atomic E-state index is 11.9. The second kappa shape index (κ2) is 5.36. The Bertz CT molecular complexity index is 417. The number of nitrogens with zero attached hydrogens (tertiary/aromatic N) is 1. The van der Waals surface area contributed by atoms with Crippen LogP contribution in [0.4, 0.5) is 0 Å². The normalized spacial score (nSPS) is 17.7. The van der Waals surface area contributed by atoms with Crippen LogP contribution in [0, 0.1) is 0 Å². The van der Waals surface area contributed by atoms with Gasteiger partial charge in [-0.3, -0.25) is 0 Å². The molecule has 18 heavy (non-hydrogen) atoms. The third-order valence-electron chi connectivity index (χ3n) is 2.85. The number of piperidine rings is 1. The summed E-state index contributed by atoms with van der Waals surface area (Å²) < 4.78 is 5.32. The van der Waals surface area contributed by atoms with Gasteiger partial charge in [0.25, 0.3) is 0 Å². The molecule has 0 amide bonds. The van der Waals surface area contributed by atoms with Crippen LogP contribution >= 0.6 is 11.3 Å². The van der Waals surface area contributed by atoms with Crippen LogP contribution in [0.5, 0.6) is 0 Å². The molecule has 0 atom stereocenters. The van der Waals surface area contributed by atoms with Gasteiger partial charge in [0.15, 0.2) is 0 Å². The van der Waals surface area contributed by atoms with Crippen molar-refractivity contribution >= 4 is 17.3 Å². The molecule has 0 saturated carbocycles. The van der Waals surface area contributed by atoms with Crippen molar-refractivity contribution in [1.82, 2.24) is 10.3 Å². The van der Waals surface area contributed by atoms with Gasteiger partial charge in [-0.05, 0) is 46.7 Å². The Morgan fingerprint density at radius 2 is 2.11 bits per heavy atom. The highest BCUT2D eigenvalue weighted by Gasteiger charge is 2.23. The summed E-state index contributed by atoms with van der Waals surface area (Å²) in [6.45, 7) is 7.67. The molecule has 0 radical (unpaired) electrons. The second-order valence-corrected chi connectivity index (χ2v) is 6.46. The van der Waals surface area contributed by atoms with Crippen LogP contribution in [0.15, 0.2) is 5.38 Å². The van der Waals surface area contributed by atoms with Gasteiger partial charge in [-0.2, -0.15) is 0 Å². The molecule has 5 heteroatoms. The van der Waals surface area contributed by atoms with Crippen LogP contribution in [0.1, 0.15) is 55.0 Å². The minimum absolute atomic E-state index is 0.312. The summed E-state index contributed by atoms with van der Waals surface area (Å²) in [4.78, 5) is 16.3. The minimum atomic E-state index is -0.461. The van der Waals surface area contributed by atoms with Crippen molar-refractivity contribution in [2.45, 2.75) is 45.1 Å². The Morgan fingerprint density at radius 3 is 2.72 bits per heavy atom. The highest BCUT2D eigenvalue weighted by atomic mass is 32.1. The number of carbonyl (C=O) groups excluding carboxylic acids is 1. The first-order valence-electron chi connectivity index (χ1n) is 6.35. The lowest BCUT2D eigenvalue weighted by Crippen LogP contribution is -2.27. The fourth-order valence-electron chi connectivity index (χ4n) is 2.01. The molecule has 4 nitrogen and oxygen atoms in total. The molecular weight excluding hydrogens is 248 g/mol. The molecule has 0 aliphatic carbocycles. The van der Waals surface area contributed by atoms with E-state index in [0.29, 0.717) is 10.9 Å². The number of nitrogens with one attached hydrogen (secondary N) is 1. The summed E-state index contributed by atoms with van der Waals surface area (Å²) in [6, 6.07) is 0. The zero-order valence-corrected chi connectivity index (χ0v) is 12.0. The molecule has 1 N–H and O–H groups in total. The molecule has 0 bridgehead atoms. The monoisotopic (exact) mass is 268 g/mol. The highest BCUT2D eigenvalue weighted by Crippen LogP contribution is 2.27. The maximum Gasteiger partial charge on any atom is 0.367 e. The smallest absolute Gasteiger partial charge is 0.367 e. The number of esters is 1. The Hall–Kier alpha value is -0.940. The predicted molar refractivity (Wildman–Crippen MR) is 72.1 cm³/mol. The quantitative estimate of drug-likeness (QED) is 0.838. The van der Waals surface area contributed by atoms with Crippen LogP contribution in [0.3, 0.4) is 0 Å². The average molecular weight is 268 g/mol. The zero-order valence-electron chi connectivity index (χ0n) is 11.2. The summed E-state index contributed by atoms with van der Waals surface area (Å²) in [5.41, 5.74) is 0.583. The van der Waals surface area contributed by atoms with E-state index < -0.39 is 5.60 Å². The van der Waals surface area contributed by atoms with E-state index in [1.807, 2.05) is 26.2 Å². The van der Waals surface area contributed by atoms with Gasteiger partial charge in [0.05, 0.1) is 5.69 Å². The van der Waals surface area contributed by atoms with Crippen molar-refractivity contribution in [3.63, 3.8) is 0 Å². The van der Waals surface area contributed by atoms with E-state index in [-0.39, 0.29) is 5.97 Å². The Morgan fingerprint density at radius 1 is 1.44 bits per heavy atom. The summed E-state index contributed by atoms with van der Waals surface area (Å²) in [6.07, 6.45) is 2.19. The number of aromatic nitrogens is 1. The first-order valence-corrected chi connectivity index (χ1v) is 7.23. The van der Waals surface area contributed by atoms with E-state index in [0.717, 1.165) is 31.6 Å². The molecule has 2 rings (SSSR count). The summed E-state index contributed by atoms with van der Waals surface area (Å²) in [7, 11) is 0. The Kier molecular flexibility index (Phi) is 4.02. The number of hydrogen-bond acceptors (Lipinski definition) is 5. The van der Waals surface area contributed by atoms with Gasteiger partial charge in [0.2, 0.25) is 5.01 Å². The van der Waals surface area contributed by atoms with E-state index in [9.17, 15) is 4.79 Å². The summed E-state index contributed by atoms with van der Waals surface area (Å²) in [5, 5.41) is 5.80. The molecule has 1 aromatic rings. The lowest BCUT2D eigenvalue weighted by atomic mass is 9.95. The fourth-order valence-corrected chi connectivity index (χ4v) is 2.78. The van der Waals surface area contributed by atoms with Gasteiger partial charge < -0.3 is 10.1 Å². The average Bonchev–Trinajstić information content (AvgIpc) is 2.77. The van der Waals surface area contributed by atoms with Crippen LogP contribution in [-0.2, 0) is 4.74 Å². The summed E-state index contributed by atoms with van der Waals surface area (Å²) in [5.74, 6) is 0.173. The van der Waals surface area contributed by atoms with Crippen LogP contribution in [0.25, 0.3) is 0 Å². The topological polar surface area (TPSA) is 51.2 Å². The van der Waals surface area contributed by atoms with Crippen molar-refractivity contribution < 1.29 is 9.53 Å². The van der Waals surface area contributed by atoms with Crippen molar-refractivity contribution in [2.24, 2.45) is 0 Å². The van der Waals surface area contributed by atoms with Gasteiger partial charge in [0.1, 0.15) is 5.60 Å². The van der Waals surface area contributed by atoms with Gasteiger partial charge >= 0.3 is 5.97 Å². The zero-order chi connectivity index (χ0) is 13.2. The molecule has 2 heterocycles. The van der Waals surface area contributed by atoms with Gasteiger partial charge in [-0.15, -0.1) is 11.3 Å². The number of thiazole rings is 1. The molecule has 1 saturated heterocycles. The van der Waals surface area contributed by atoms with Crippen LogP contribution in [-0.4, -0.2) is 29.6 Å². The molecule has 1 fully saturated rings. The van der Waals surface area contributed by atoms with Crippen molar-refractivity contribution in [2.75, 3.05) is 13.1 Å². The molecule has 0 spiro atoms. The first kappa shape index (κ1) is 13.5. The van der Waals surface area contributed by atoms with E-state index in [1.54, 1.807) is 0 Å². The number of ether oxygens (including phenoxy) is 1. The third-order valence-corrected chi connectivity index (χ3v) is 3.69. The minimum Gasteiger partial charge on any atom is -0.455 e. The standard InChI is InChI=1S/C13H20N2O2S/c1-13(2,3)17-12(16)11-15-10(8-18-11)9-4-6-14-7-5-9/h8-9,14H,4-7H2,1-3H3. The molecule has 0 unspecified atom stereocenters. The molecule has 1 aliphatic heterocycles. The van der Waals surface area contributed by atoms with E-state index in [1.165, 1.54) is 11.3 Å². The van der Waals surface area contributed by atoms with Crippen LogP contribution in [0.2, 0.25) is 0 Å². The molecule has 1 aliphatic rings. The number of carbonyl (C=O) groups is 1. The van der Waals surface area contributed by atoms with Crippen molar-refractivity contribution in [3.8, 4) is 0 Å². The van der Waals surface area contributed by atoms with Crippen molar-refractivity contribution in [3.05, 3.63) is 16.1 Å². The van der Waals surface area contributed by atoms with E-state index in [4.69, 9.17) is 4.74 Å². The highest BCUT2D eigenvalue weighted by molar-refractivity contribution is 7.11. The maximum atomic E-state index is 11.9. The third kappa shape index (κ3) is 3.53. The Labute approximate surface area is 112 Å². The molecule has 0 aromatic carbocycles. The fraction of sp³-hybridized carbons (Fsp3) is 0.692. The lowest BCUT2D eigenvalue weighted by Gasteiger charge is -2.20. The molecule has 1 aromatic heterocycles. The summed E-state index contributed by atoms with van der Waals surface area (Å²) >= 11 is 1.39. The van der Waals surface area contributed by atoms with Gasteiger partial charge in [-0.1, -0.05) is 0 Å². The van der Waals surface area contributed by atoms with Crippen LogP contribution < -0.4 is 5.32 Å².